The van der Waals surface area contributed by atoms with Crippen molar-refractivity contribution in [2.24, 2.45) is 17.0 Å². The Kier molecular flexibility index (Phi) is 5.53. The summed E-state index contributed by atoms with van der Waals surface area (Å²) in [5, 5.41) is 16.3. The minimum Gasteiger partial charge on any atom is -0.861 e. The third-order valence-electron chi connectivity index (χ3n) is 4.66. The molecule has 33 heavy (non-hydrogen) atoms. The molecule has 0 fully saturated rings. The number of carbonyl (C=O) groups is 1. The highest BCUT2D eigenvalue weighted by molar-refractivity contribution is 8.14. The first kappa shape index (κ1) is 20.8. The van der Waals surface area contributed by atoms with E-state index in [2.05, 4.69) is 15.3 Å². The number of aliphatic imine (C=N–C) groups is 2. The molecule has 1 aromatic heterocycles. The molecule has 10 nitrogen and oxygen atoms in total. The minimum absolute atomic E-state index is 0.0306. The van der Waals surface area contributed by atoms with Gasteiger partial charge in [0.05, 0.1) is 5.69 Å². The molecule has 5 rings (SSSR count). The summed E-state index contributed by atoms with van der Waals surface area (Å²) in [6.45, 7) is 0.167. The van der Waals surface area contributed by atoms with Gasteiger partial charge in [0.2, 0.25) is 6.79 Å². The smallest absolute Gasteiger partial charge is 0.320 e. The fraction of sp³-hybridized carbons (Fsp3) is 0.136. The lowest BCUT2D eigenvalue weighted by molar-refractivity contribution is -0.739. The van der Waals surface area contributed by atoms with Gasteiger partial charge in [-0.05, 0) is 41.8 Å². The highest BCUT2D eigenvalue weighted by Crippen LogP contribution is 2.34. The van der Waals surface area contributed by atoms with Gasteiger partial charge in [-0.3, -0.25) is 14.2 Å². The van der Waals surface area contributed by atoms with Crippen molar-refractivity contribution >= 4 is 46.4 Å². The lowest BCUT2D eigenvalue weighted by Gasteiger charge is -2.18. The fourth-order valence-corrected chi connectivity index (χ4v) is 4.00. The first-order chi connectivity index (χ1) is 16.1. The summed E-state index contributed by atoms with van der Waals surface area (Å²) in [6, 6.07) is 14.5. The van der Waals surface area contributed by atoms with Crippen LogP contribution in [0.1, 0.15) is 5.56 Å². The van der Waals surface area contributed by atoms with Crippen molar-refractivity contribution in [3.63, 3.8) is 0 Å². The first-order valence-electron chi connectivity index (χ1n) is 9.86. The summed E-state index contributed by atoms with van der Waals surface area (Å²) in [4.78, 5) is 23.1. The first-order valence-corrected chi connectivity index (χ1v) is 10.8. The number of amides is 1. The number of benzene rings is 2. The van der Waals surface area contributed by atoms with Crippen LogP contribution in [0.15, 0.2) is 74.9 Å². The molecule has 11 heteroatoms. The molecule has 1 amide bonds. The Balaban J connectivity index is 1.42. The monoisotopic (exact) mass is 463 g/mol. The van der Waals surface area contributed by atoms with E-state index >= 15 is 0 Å². The number of rotatable bonds is 5. The summed E-state index contributed by atoms with van der Waals surface area (Å²) >= 11 is 1.12. The second-order valence-corrected chi connectivity index (χ2v) is 7.96. The molecule has 0 saturated heterocycles. The number of nitrogens with zero attached hydrogens (tertiary/aromatic N) is 5. The van der Waals surface area contributed by atoms with E-state index in [9.17, 15) is 9.90 Å². The molecule has 0 atom stereocenters. The number of aryl methyl sites for hydroxylation is 1. The molecular formula is C22H17N5O5S. The predicted octanol–water partition coefficient (Wildman–Crippen LogP) is 1.80. The van der Waals surface area contributed by atoms with Crippen LogP contribution in [-0.2, 0) is 11.8 Å². The SMILES string of the molecule is C[n+]1cc(/N=C(/[O-])CSC2=N/C(=C/c3ccc4c(c3)OCO4)C(=O)N2c2ccccc2)on1. The van der Waals surface area contributed by atoms with Gasteiger partial charge in [0.15, 0.2) is 29.0 Å². The Hall–Kier alpha value is -4.12. The number of para-hydroxylation sites is 1. The van der Waals surface area contributed by atoms with Crippen molar-refractivity contribution in [3.8, 4) is 11.5 Å². The molecule has 0 saturated carbocycles. The van der Waals surface area contributed by atoms with Crippen molar-refractivity contribution in [2.75, 3.05) is 17.4 Å². The van der Waals surface area contributed by atoms with Crippen LogP contribution >= 0.6 is 11.8 Å². The van der Waals surface area contributed by atoms with Crippen LogP contribution in [0.4, 0.5) is 11.6 Å². The maximum Gasteiger partial charge on any atom is 0.320 e. The van der Waals surface area contributed by atoms with Crippen LogP contribution in [0.25, 0.3) is 6.08 Å². The highest BCUT2D eigenvalue weighted by atomic mass is 32.2. The normalized spacial score (nSPS) is 16.6. The van der Waals surface area contributed by atoms with E-state index in [1.54, 1.807) is 37.4 Å². The molecule has 3 aromatic rings. The molecule has 0 unspecified atom stereocenters. The van der Waals surface area contributed by atoms with Crippen molar-refractivity contribution < 1.29 is 28.6 Å². The van der Waals surface area contributed by atoms with Crippen molar-refractivity contribution in [3.05, 3.63) is 66.0 Å². The van der Waals surface area contributed by atoms with Gasteiger partial charge in [-0.25, -0.2) is 9.98 Å². The van der Waals surface area contributed by atoms with Gasteiger partial charge in [0, 0.05) is 5.75 Å². The molecule has 2 aromatic carbocycles. The molecule has 2 aliphatic heterocycles. The van der Waals surface area contributed by atoms with Crippen LogP contribution in [0, 0.1) is 0 Å². The number of hydrogen-bond acceptors (Lipinski definition) is 9. The van der Waals surface area contributed by atoms with Gasteiger partial charge in [0.25, 0.3) is 12.1 Å². The van der Waals surface area contributed by atoms with Crippen LogP contribution in [-0.4, -0.2) is 34.8 Å². The second-order valence-electron chi connectivity index (χ2n) is 7.02. The second kappa shape index (κ2) is 8.79. The number of anilines is 1. The molecular weight excluding hydrogens is 446 g/mol. The van der Waals surface area contributed by atoms with Crippen LogP contribution in [0.3, 0.4) is 0 Å². The van der Waals surface area contributed by atoms with Gasteiger partial charge in [-0.15, -0.1) is 0 Å². The van der Waals surface area contributed by atoms with Crippen LogP contribution in [0.2, 0.25) is 0 Å². The van der Waals surface area contributed by atoms with Crippen molar-refractivity contribution in [1.29, 1.82) is 0 Å². The fourth-order valence-electron chi connectivity index (χ4n) is 3.20. The zero-order chi connectivity index (χ0) is 22.8. The van der Waals surface area contributed by atoms with Gasteiger partial charge in [0.1, 0.15) is 5.70 Å². The highest BCUT2D eigenvalue weighted by Gasteiger charge is 2.32. The molecule has 166 valence electrons. The number of aromatic nitrogens is 2. The Bertz CT molecular complexity index is 1300. The maximum atomic E-state index is 13.2. The molecule has 2 aliphatic rings. The van der Waals surface area contributed by atoms with Crippen molar-refractivity contribution in [2.45, 2.75) is 0 Å². The summed E-state index contributed by atoms with van der Waals surface area (Å²) < 4.78 is 17.1. The Morgan fingerprint density at radius 1 is 1.24 bits per heavy atom. The van der Waals surface area contributed by atoms with E-state index in [0.29, 0.717) is 22.4 Å². The van der Waals surface area contributed by atoms with E-state index in [4.69, 9.17) is 14.0 Å². The number of thioether (sulfide) groups is 1. The standard InChI is InChI=1S/C22H17N5O5S/c1-26-11-20(32-25-26)24-19(28)12-33-22-23-16(21(29)27(22)15-5-3-2-4-6-15)9-14-7-8-17-18(10-14)31-13-30-17/h2-11H,12-13H2,1H3/b16-9+. The topological polar surface area (TPSA) is 116 Å². The number of ether oxygens (including phenoxy) is 2. The molecule has 3 heterocycles. The number of hydrogen-bond donors (Lipinski definition) is 0. The van der Waals surface area contributed by atoms with Gasteiger partial charge >= 0.3 is 5.88 Å². The minimum atomic E-state index is -0.437. The number of amidine groups is 1. The van der Waals surface area contributed by atoms with Gasteiger partial charge < -0.3 is 14.6 Å². The zero-order valence-electron chi connectivity index (χ0n) is 17.4. The van der Waals surface area contributed by atoms with Crippen LogP contribution in [0.5, 0.6) is 11.5 Å². The third-order valence-corrected chi connectivity index (χ3v) is 5.59. The predicted molar refractivity (Wildman–Crippen MR) is 119 cm³/mol. The summed E-state index contributed by atoms with van der Waals surface area (Å²) in [5.41, 5.74) is 1.64. The van der Waals surface area contributed by atoms with Crippen LogP contribution < -0.4 is 24.2 Å². The zero-order valence-corrected chi connectivity index (χ0v) is 18.2. The average Bonchev–Trinajstić information content (AvgIpc) is 3.52. The summed E-state index contributed by atoms with van der Waals surface area (Å²) in [6.07, 6.45) is 3.16. The van der Waals surface area contributed by atoms with Crippen molar-refractivity contribution in [1.82, 2.24) is 5.27 Å². The van der Waals surface area contributed by atoms with E-state index in [-0.39, 0.29) is 30.0 Å². The summed E-state index contributed by atoms with van der Waals surface area (Å²) in [5.74, 6) is 0.610. The lowest BCUT2D eigenvalue weighted by Crippen LogP contribution is -2.31. The maximum absolute atomic E-state index is 13.2. The molecule has 0 N–H and O–H groups in total. The van der Waals surface area contributed by atoms with E-state index in [1.165, 1.54) is 15.8 Å². The molecule has 0 aliphatic carbocycles. The number of carbonyl (C=O) groups excluding carboxylic acids is 1. The van der Waals surface area contributed by atoms with E-state index in [1.807, 2.05) is 24.3 Å². The molecule has 0 bridgehead atoms. The summed E-state index contributed by atoms with van der Waals surface area (Å²) in [7, 11) is 1.66. The Morgan fingerprint density at radius 3 is 2.85 bits per heavy atom. The largest absolute Gasteiger partial charge is 0.861 e. The van der Waals surface area contributed by atoms with Gasteiger partial charge in [-0.1, -0.05) is 40.7 Å². The quantitative estimate of drug-likeness (QED) is 0.245. The molecule has 0 radical (unpaired) electrons. The van der Waals surface area contributed by atoms with E-state index < -0.39 is 5.90 Å². The Labute approximate surface area is 192 Å². The molecule has 0 spiro atoms. The number of fused-ring (bicyclic) bond motifs is 1. The van der Waals surface area contributed by atoms with Gasteiger partial charge in [-0.2, -0.15) is 0 Å². The third kappa shape index (κ3) is 4.44. The van der Waals surface area contributed by atoms with E-state index in [0.717, 1.165) is 17.3 Å². The lowest BCUT2D eigenvalue weighted by atomic mass is 10.1. The average molecular weight is 463 g/mol. The Morgan fingerprint density at radius 2 is 2.06 bits per heavy atom.